The lowest BCUT2D eigenvalue weighted by Gasteiger charge is -2.23. The predicted octanol–water partition coefficient (Wildman–Crippen LogP) is 2.52. The second-order valence-electron chi connectivity index (χ2n) is 5.00. The summed E-state index contributed by atoms with van der Waals surface area (Å²) in [5.74, 6) is -0.539. The molecule has 0 aromatic heterocycles. The van der Waals surface area contributed by atoms with Crippen LogP contribution in [0.1, 0.15) is 12.8 Å². The van der Waals surface area contributed by atoms with Gasteiger partial charge in [0.1, 0.15) is 5.82 Å². The zero-order valence-corrected chi connectivity index (χ0v) is 13.4. The summed E-state index contributed by atoms with van der Waals surface area (Å²) < 4.78 is 12.9. The maximum absolute atomic E-state index is 12.9. The summed E-state index contributed by atoms with van der Waals surface area (Å²) in [4.78, 5) is 14.2. The number of hydrogen-bond donors (Lipinski definition) is 2. The number of nitrogens with zero attached hydrogens (tertiary/aromatic N) is 1. The lowest BCUT2D eigenvalue weighted by Crippen LogP contribution is -2.41. The molecule has 21 heavy (non-hydrogen) atoms. The predicted molar refractivity (Wildman–Crippen MR) is 85.8 cm³/mol. The van der Waals surface area contributed by atoms with Crippen molar-refractivity contribution in [1.82, 2.24) is 10.2 Å². The van der Waals surface area contributed by atoms with Gasteiger partial charge in [-0.2, -0.15) is 0 Å². The zero-order valence-electron chi connectivity index (χ0n) is 11.9. The molecule has 0 bridgehead atoms. The van der Waals surface area contributed by atoms with Gasteiger partial charge in [-0.15, -0.1) is 12.4 Å². The molecule has 118 valence electrons. The number of likely N-dealkylation sites (tertiary alicyclic amines) is 1. The van der Waals surface area contributed by atoms with Crippen LogP contribution >= 0.6 is 24.0 Å². The molecule has 0 radical (unpaired) electrons. The van der Waals surface area contributed by atoms with Crippen molar-refractivity contribution >= 4 is 35.6 Å². The first-order valence-electron chi connectivity index (χ1n) is 6.73. The normalized spacial score (nSPS) is 18.3. The molecular weight excluding hydrogens is 316 g/mol. The Morgan fingerprint density at radius 2 is 2.29 bits per heavy atom. The van der Waals surface area contributed by atoms with Crippen LogP contribution in [0, 0.1) is 5.82 Å². The molecule has 1 aliphatic heterocycles. The van der Waals surface area contributed by atoms with E-state index in [9.17, 15) is 9.18 Å². The van der Waals surface area contributed by atoms with Crippen molar-refractivity contribution in [3.63, 3.8) is 0 Å². The van der Waals surface area contributed by atoms with Gasteiger partial charge in [0.05, 0.1) is 17.3 Å². The standard InChI is InChI=1S/C14H19ClFN3O.ClH/c1-17-8-11-3-2-6-19(11)9-14(20)18-13-5-4-10(16)7-12(13)15;/h4-5,7,11,17H,2-3,6,8-9H2,1H3,(H,18,20);1H. The van der Waals surface area contributed by atoms with Crippen LogP contribution in [0.4, 0.5) is 10.1 Å². The number of carbonyl (C=O) groups excluding carboxylic acids is 1. The highest BCUT2D eigenvalue weighted by atomic mass is 35.5. The number of hydrogen-bond acceptors (Lipinski definition) is 3. The van der Waals surface area contributed by atoms with Gasteiger partial charge in [-0.1, -0.05) is 11.6 Å². The third kappa shape index (κ3) is 5.11. The Bertz CT molecular complexity index is 487. The van der Waals surface area contributed by atoms with Gasteiger partial charge in [0.2, 0.25) is 5.91 Å². The number of anilines is 1. The number of benzene rings is 1. The second kappa shape index (κ2) is 8.54. The highest BCUT2D eigenvalue weighted by molar-refractivity contribution is 6.33. The van der Waals surface area contributed by atoms with Crippen LogP contribution in [0.25, 0.3) is 0 Å². The van der Waals surface area contributed by atoms with E-state index in [1.165, 1.54) is 18.2 Å². The average Bonchev–Trinajstić information content (AvgIpc) is 2.81. The van der Waals surface area contributed by atoms with E-state index in [4.69, 9.17) is 11.6 Å². The van der Waals surface area contributed by atoms with E-state index in [-0.39, 0.29) is 23.3 Å². The highest BCUT2D eigenvalue weighted by Crippen LogP contribution is 2.23. The molecular formula is C14H20Cl2FN3O. The summed E-state index contributed by atoms with van der Waals surface area (Å²) >= 11 is 5.89. The molecule has 0 aliphatic carbocycles. The summed E-state index contributed by atoms with van der Waals surface area (Å²) in [5, 5.41) is 6.08. The largest absolute Gasteiger partial charge is 0.324 e. The van der Waals surface area contributed by atoms with Crippen LogP contribution in [0.2, 0.25) is 5.02 Å². The summed E-state index contributed by atoms with van der Waals surface area (Å²) in [7, 11) is 1.91. The fourth-order valence-electron chi connectivity index (χ4n) is 2.54. The molecule has 1 aliphatic rings. The third-order valence-electron chi connectivity index (χ3n) is 3.49. The fraction of sp³-hybridized carbons (Fsp3) is 0.500. The first-order chi connectivity index (χ1) is 9.60. The van der Waals surface area contributed by atoms with Gasteiger partial charge < -0.3 is 10.6 Å². The Morgan fingerprint density at radius 3 is 2.95 bits per heavy atom. The molecule has 1 saturated heterocycles. The average molecular weight is 336 g/mol. The molecule has 7 heteroatoms. The van der Waals surface area contributed by atoms with E-state index in [0.717, 1.165) is 25.9 Å². The van der Waals surface area contributed by atoms with Gasteiger partial charge >= 0.3 is 0 Å². The summed E-state index contributed by atoms with van der Waals surface area (Å²) in [5.41, 5.74) is 0.447. The molecule has 0 spiro atoms. The molecule has 1 aromatic carbocycles. The molecule has 1 aromatic rings. The van der Waals surface area contributed by atoms with Crippen LogP contribution in [-0.4, -0.2) is 43.5 Å². The van der Waals surface area contributed by atoms with Gasteiger partial charge in [-0.25, -0.2) is 4.39 Å². The minimum absolute atomic E-state index is 0. The fourth-order valence-corrected chi connectivity index (χ4v) is 2.75. The maximum atomic E-state index is 12.9. The smallest absolute Gasteiger partial charge is 0.238 e. The van der Waals surface area contributed by atoms with Crippen molar-refractivity contribution in [2.45, 2.75) is 18.9 Å². The highest BCUT2D eigenvalue weighted by Gasteiger charge is 2.25. The zero-order chi connectivity index (χ0) is 14.5. The van der Waals surface area contributed by atoms with Crippen molar-refractivity contribution in [3.05, 3.63) is 29.0 Å². The van der Waals surface area contributed by atoms with Crippen LogP contribution in [-0.2, 0) is 4.79 Å². The Balaban J connectivity index is 0.00000220. The minimum Gasteiger partial charge on any atom is -0.324 e. The maximum Gasteiger partial charge on any atom is 0.238 e. The van der Waals surface area contributed by atoms with Crippen molar-refractivity contribution in [2.75, 3.05) is 32.0 Å². The molecule has 1 amide bonds. The number of nitrogens with one attached hydrogen (secondary N) is 2. The lowest BCUT2D eigenvalue weighted by molar-refractivity contribution is -0.117. The third-order valence-corrected chi connectivity index (χ3v) is 3.80. The topological polar surface area (TPSA) is 44.4 Å². The molecule has 2 N–H and O–H groups in total. The molecule has 1 heterocycles. The number of amides is 1. The lowest BCUT2D eigenvalue weighted by atomic mass is 10.2. The number of carbonyl (C=O) groups is 1. The van der Waals surface area contributed by atoms with Crippen molar-refractivity contribution < 1.29 is 9.18 Å². The summed E-state index contributed by atoms with van der Waals surface area (Å²) in [6, 6.07) is 4.34. The van der Waals surface area contributed by atoms with Gasteiger partial charge in [0.15, 0.2) is 0 Å². The SMILES string of the molecule is CNCC1CCCN1CC(=O)Nc1ccc(F)cc1Cl.Cl. The number of rotatable bonds is 5. The first kappa shape index (κ1) is 18.2. The number of halogens is 3. The molecule has 1 fully saturated rings. The van der Waals surface area contributed by atoms with Crippen LogP contribution in [0.15, 0.2) is 18.2 Å². The second-order valence-corrected chi connectivity index (χ2v) is 5.40. The molecule has 2 rings (SSSR count). The molecule has 0 saturated carbocycles. The van der Waals surface area contributed by atoms with Gasteiger partial charge in [-0.05, 0) is 44.6 Å². The van der Waals surface area contributed by atoms with Crippen molar-refractivity contribution in [2.24, 2.45) is 0 Å². The molecule has 1 unspecified atom stereocenters. The Labute approximate surface area is 135 Å². The van der Waals surface area contributed by atoms with E-state index in [1.807, 2.05) is 7.05 Å². The van der Waals surface area contributed by atoms with Crippen molar-refractivity contribution in [1.29, 1.82) is 0 Å². The van der Waals surface area contributed by atoms with Gasteiger partial charge in [0.25, 0.3) is 0 Å². The van der Waals surface area contributed by atoms with Gasteiger partial charge in [-0.3, -0.25) is 9.69 Å². The van der Waals surface area contributed by atoms with E-state index >= 15 is 0 Å². The number of likely N-dealkylation sites (N-methyl/N-ethyl adjacent to an activating group) is 1. The van der Waals surface area contributed by atoms with E-state index in [1.54, 1.807) is 0 Å². The van der Waals surface area contributed by atoms with Crippen molar-refractivity contribution in [3.8, 4) is 0 Å². The molecule has 4 nitrogen and oxygen atoms in total. The van der Waals surface area contributed by atoms with Gasteiger partial charge in [0, 0.05) is 12.6 Å². The molecule has 1 atom stereocenters. The van der Waals surface area contributed by atoms with E-state index in [0.29, 0.717) is 18.3 Å². The van der Waals surface area contributed by atoms with E-state index < -0.39 is 5.82 Å². The van der Waals surface area contributed by atoms with Crippen LogP contribution in [0.5, 0.6) is 0 Å². The minimum atomic E-state index is -0.415. The monoisotopic (exact) mass is 335 g/mol. The van der Waals surface area contributed by atoms with Crippen LogP contribution < -0.4 is 10.6 Å². The van der Waals surface area contributed by atoms with E-state index in [2.05, 4.69) is 15.5 Å². The Hall–Kier alpha value is -0.880. The summed E-state index contributed by atoms with van der Waals surface area (Å²) in [6.45, 7) is 2.14. The quantitative estimate of drug-likeness (QED) is 0.869. The first-order valence-corrected chi connectivity index (χ1v) is 7.11. The summed E-state index contributed by atoms with van der Waals surface area (Å²) in [6.07, 6.45) is 2.21. The van der Waals surface area contributed by atoms with Crippen LogP contribution in [0.3, 0.4) is 0 Å². The Morgan fingerprint density at radius 1 is 1.52 bits per heavy atom. The Kier molecular flexibility index (Phi) is 7.39.